The standard InChI is InChI=1S/C19H26N4O4/c1-19(2,3)21-18(25)23-8-6-13(7-9-23)12-20-17(24)14-11-16(27-22-14)15-5-4-10-26-15/h4-5,10-11,13H,6-9,12H2,1-3H3,(H,20,24)(H,21,25). The van der Waals surface area contributed by atoms with Crippen LogP contribution < -0.4 is 10.6 Å². The van der Waals surface area contributed by atoms with Crippen LogP contribution in [0, 0.1) is 5.92 Å². The van der Waals surface area contributed by atoms with Crippen molar-refractivity contribution in [3.05, 3.63) is 30.2 Å². The van der Waals surface area contributed by atoms with Gasteiger partial charge in [-0.05, 0) is 51.7 Å². The van der Waals surface area contributed by atoms with Crippen molar-refractivity contribution in [1.82, 2.24) is 20.7 Å². The Labute approximate surface area is 158 Å². The van der Waals surface area contributed by atoms with Gasteiger partial charge in [-0.1, -0.05) is 5.16 Å². The molecule has 8 nitrogen and oxygen atoms in total. The number of hydrogen-bond donors (Lipinski definition) is 2. The van der Waals surface area contributed by atoms with Crippen molar-refractivity contribution in [2.75, 3.05) is 19.6 Å². The first-order valence-electron chi connectivity index (χ1n) is 9.18. The SMILES string of the molecule is CC(C)(C)NC(=O)N1CCC(CNC(=O)c2cc(-c3ccco3)on2)CC1. The van der Waals surface area contributed by atoms with Crippen LogP contribution in [0.25, 0.3) is 11.5 Å². The summed E-state index contributed by atoms with van der Waals surface area (Å²) in [6.07, 6.45) is 3.24. The third-order valence-electron chi connectivity index (χ3n) is 4.44. The largest absolute Gasteiger partial charge is 0.461 e. The fourth-order valence-electron chi connectivity index (χ4n) is 2.98. The van der Waals surface area contributed by atoms with E-state index in [1.807, 2.05) is 25.7 Å². The molecule has 146 valence electrons. The van der Waals surface area contributed by atoms with E-state index in [1.165, 1.54) is 6.26 Å². The van der Waals surface area contributed by atoms with Gasteiger partial charge in [0, 0.05) is 31.2 Å². The summed E-state index contributed by atoms with van der Waals surface area (Å²) in [5.41, 5.74) is -0.0167. The second kappa shape index (κ2) is 7.85. The van der Waals surface area contributed by atoms with Gasteiger partial charge in [0.2, 0.25) is 5.76 Å². The molecular weight excluding hydrogens is 348 g/mol. The Morgan fingerprint density at radius 3 is 2.63 bits per heavy atom. The van der Waals surface area contributed by atoms with Crippen molar-refractivity contribution in [3.8, 4) is 11.5 Å². The van der Waals surface area contributed by atoms with Gasteiger partial charge in [-0.25, -0.2) is 4.79 Å². The number of nitrogens with one attached hydrogen (secondary N) is 2. The minimum atomic E-state index is -0.274. The van der Waals surface area contributed by atoms with E-state index in [1.54, 1.807) is 18.2 Å². The number of furan rings is 1. The number of carbonyl (C=O) groups is 2. The molecule has 0 radical (unpaired) electrons. The van der Waals surface area contributed by atoms with Crippen molar-refractivity contribution < 1.29 is 18.5 Å². The summed E-state index contributed by atoms with van der Waals surface area (Å²) < 4.78 is 10.4. The summed E-state index contributed by atoms with van der Waals surface area (Å²) in [6.45, 7) is 7.83. The number of amides is 3. The third-order valence-corrected chi connectivity index (χ3v) is 4.44. The van der Waals surface area contributed by atoms with E-state index in [9.17, 15) is 9.59 Å². The number of piperidine rings is 1. The van der Waals surface area contributed by atoms with Gasteiger partial charge in [-0.15, -0.1) is 0 Å². The van der Waals surface area contributed by atoms with E-state index in [-0.39, 0.29) is 23.2 Å². The predicted octanol–water partition coefficient (Wildman–Crippen LogP) is 2.88. The normalized spacial score (nSPS) is 15.6. The van der Waals surface area contributed by atoms with Crippen molar-refractivity contribution in [2.24, 2.45) is 5.92 Å². The molecule has 0 spiro atoms. The van der Waals surface area contributed by atoms with Gasteiger partial charge in [0.25, 0.3) is 5.91 Å². The molecule has 1 aliphatic rings. The Hall–Kier alpha value is -2.77. The molecule has 3 amide bonds. The molecule has 0 unspecified atom stereocenters. The molecule has 8 heteroatoms. The molecule has 1 aliphatic heterocycles. The predicted molar refractivity (Wildman–Crippen MR) is 99.1 cm³/mol. The summed E-state index contributed by atoms with van der Waals surface area (Å²) in [5.74, 6) is 1.01. The second-order valence-corrected chi connectivity index (χ2v) is 7.87. The van der Waals surface area contributed by atoms with Gasteiger partial charge in [0.1, 0.15) is 0 Å². The topological polar surface area (TPSA) is 101 Å². The first-order chi connectivity index (χ1) is 12.8. The van der Waals surface area contributed by atoms with Gasteiger partial charge in [-0.2, -0.15) is 0 Å². The molecule has 2 N–H and O–H groups in total. The number of nitrogens with zero attached hydrogens (tertiary/aromatic N) is 2. The van der Waals surface area contributed by atoms with Crippen LogP contribution >= 0.6 is 0 Å². The number of likely N-dealkylation sites (tertiary alicyclic amines) is 1. The highest BCUT2D eigenvalue weighted by Gasteiger charge is 2.25. The molecular formula is C19H26N4O4. The van der Waals surface area contributed by atoms with Gasteiger partial charge < -0.3 is 24.5 Å². The Bertz CT molecular complexity index is 768. The van der Waals surface area contributed by atoms with Crippen molar-refractivity contribution >= 4 is 11.9 Å². The lowest BCUT2D eigenvalue weighted by atomic mass is 9.97. The molecule has 1 saturated heterocycles. The minimum absolute atomic E-state index is 0.0296. The summed E-state index contributed by atoms with van der Waals surface area (Å²) in [7, 11) is 0. The average Bonchev–Trinajstić information content (AvgIpc) is 3.29. The zero-order chi connectivity index (χ0) is 19.4. The lowest BCUT2D eigenvalue weighted by molar-refractivity contribution is 0.0928. The molecule has 27 heavy (non-hydrogen) atoms. The Balaban J connectivity index is 1.43. The fourth-order valence-corrected chi connectivity index (χ4v) is 2.98. The summed E-state index contributed by atoms with van der Waals surface area (Å²) in [5, 5.41) is 9.68. The van der Waals surface area contributed by atoms with Gasteiger partial charge in [-0.3, -0.25) is 4.79 Å². The van der Waals surface area contributed by atoms with Crippen molar-refractivity contribution in [2.45, 2.75) is 39.2 Å². The Kier molecular flexibility index (Phi) is 5.53. The average molecular weight is 374 g/mol. The summed E-state index contributed by atoms with van der Waals surface area (Å²) in [6, 6.07) is 5.02. The molecule has 0 bridgehead atoms. The first-order valence-corrected chi connectivity index (χ1v) is 9.18. The number of hydrogen-bond acceptors (Lipinski definition) is 5. The highest BCUT2D eigenvalue weighted by atomic mass is 16.5. The van der Waals surface area contributed by atoms with Crippen LogP contribution in [0.4, 0.5) is 4.79 Å². The van der Waals surface area contributed by atoms with Crippen LogP contribution in [0.1, 0.15) is 44.1 Å². The lowest BCUT2D eigenvalue weighted by Crippen LogP contribution is -2.51. The van der Waals surface area contributed by atoms with Crippen LogP contribution in [0.2, 0.25) is 0 Å². The fraction of sp³-hybridized carbons (Fsp3) is 0.526. The molecule has 0 aromatic carbocycles. The van der Waals surface area contributed by atoms with Crippen LogP contribution in [-0.2, 0) is 0 Å². The smallest absolute Gasteiger partial charge is 0.317 e. The van der Waals surface area contributed by atoms with Gasteiger partial charge in [0.05, 0.1) is 6.26 Å². The maximum atomic E-state index is 12.3. The highest BCUT2D eigenvalue weighted by Crippen LogP contribution is 2.21. The number of urea groups is 1. The van der Waals surface area contributed by atoms with E-state index < -0.39 is 0 Å². The second-order valence-electron chi connectivity index (χ2n) is 7.87. The van der Waals surface area contributed by atoms with E-state index in [4.69, 9.17) is 8.94 Å². The zero-order valence-electron chi connectivity index (χ0n) is 15.9. The van der Waals surface area contributed by atoms with Crippen molar-refractivity contribution in [1.29, 1.82) is 0 Å². The monoisotopic (exact) mass is 374 g/mol. The van der Waals surface area contributed by atoms with E-state index in [0.717, 1.165) is 12.8 Å². The molecule has 2 aromatic heterocycles. The first kappa shape index (κ1) is 19.0. The maximum Gasteiger partial charge on any atom is 0.317 e. The van der Waals surface area contributed by atoms with Crippen LogP contribution in [0.3, 0.4) is 0 Å². The minimum Gasteiger partial charge on any atom is -0.461 e. The summed E-state index contributed by atoms with van der Waals surface area (Å²) >= 11 is 0. The maximum absolute atomic E-state index is 12.3. The molecule has 0 aliphatic carbocycles. The molecule has 2 aromatic rings. The lowest BCUT2D eigenvalue weighted by Gasteiger charge is -2.34. The number of rotatable bonds is 4. The molecule has 1 fully saturated rings. The zero-order valence-corrected chi connectivity index (χ0v) is 15.9. The Morgan fingerprint density at radius 1 is 1.26 bits per heavy atom. The molecule has 0 atom stereocenters. The van der Waals surface area contributed by atoms with Crippen molar-refractivity contribution in [3.63, 3.8) is 0 Å². The number of carbonyl (C=O) groups excluding carboxylic acids is 2. The number of aromatic nitrogens is 1. The highest BCUT2D eigenvalue weighted by molar-refractivity contribution is 5.92. The molecule has 0 saturated carbocycles. The van der Waals surface area contributed by atoms with Gasteiger partial charge in [0.15, 0.2) is 11.5 Å². The third kappa shape index (κ3) is 5.12. The van der Waals surface area contributed by atoms with Crippen LogP contribution in [-0.4, -0.2) is 47.2 Å². The molecule has 3 rings (SSSR count). The summed E-state index contributed by atoms with van der Waals surface area (Å²) in [4.78, 5) is 26.3. The van der Waals surface area contributed by atoms with E-state index >= 15 is 0 Å². The Morgan fingerprint density at radius 2 is 2.00 bits per heavy atom. The van der Waals surface area contributed by atoms with Crippen LogP contribution in [0.5, 0.6) is 0 Å². The van der Waals surface area contributed by atoms with Crippen LogP contribution in [0.15, 0.2) is 33.4 Å². The van der Waals surface area contributed by atoms with Gasteiger partial charge >= 0.3 is 6.03 Å². The van der Waals surface area contributed by atoms with E-state index in [0.29, 0.717) is 37.1 Å². The van der Waals surface area contributed by atoms with E-state index in [2.05, 4.69) is 15.8 Å². The molecule has 3 heterocycles. The quantitative estimate of drug-likeness (QED) is 0.857.